The Balaban J connectivity index is 1.53. The van der Waals surface area contributed by atoms with Crippen LogP contribution in [0.3, 0.4) is 0 Å². The summed E-state index contributed by atoms with van der Waals surface area (Å²) in [6, 6.07) is 27.1. The van der Waals surface area contributed by atoms with Crippen LogP contribution < -0.4 is 5.73 Å². The Morgan fingerprint density at radius 1 is 0.848 bits per heavy atom. The molecule has 0 unspecified atom stereocenters. The van der Waals surface area contributed by atoms with Crippen LogP contribution in [-0.4, -0.2) is 14.5 Å². The van der Waals surface area contributed by atoms with Gasteiger partial charge in [-0.3, -0.25) is 4.57 Å². The first-order chi connectivity index (χ1) is 16.1. The second-order valence-corrected chi connectivity index (χ2v) is 8.74. The third-order valence-corrected chi connectivity index (χ3v) is 6.66. The van der Waals surface area contributed by atoms with Crippen LogP contribution in [0.4, 0.5) is 4.39 Å². The van der Waals surface area contributed by atoms with Crippen LogP contribution in [0.25, 0.3) is 39.4 Å². The molecule has 5 heteroatoms. The molecule has 3 aromatic carbocycles. The lowest BCUT2D eigenvalue weighted by Crippen LogP contribution is -2.43. The molecule has 1 aliphatic rings. The quantitative estimate of drug-likeness (QED) is 0.365. The zero-order chi connectivity index (χ0) is 22.4. The minimum atomic E-state index is -0.274. The number of nitrogens with zero attached hydrogens (tertiary/aromatic N) is 3. The summed E-state index contributed by atoms with van der Waals surface area (Å²) in [6.45, 7) is 0. The van der Waals surface area contributed by atoms with Gasteiger partial charge in [-0.25, -0.2) is 14.4 Å². The number of benzene rings is 3. The van der Waals surface area contributed by atoms with Gasteiger partial charge in [0.2, 0.25) is 0 Å². The van der Waals surface area contributed by atoms with E-state index in [2.05, 4.69) is 28.8 Å². The van der Waals surface area contributed by atoms with E-state index in [1.807, 2.05) is 42.5 Å². The topological polar surface area (TPSA) is 56.7 Å². The van der Waals surface area contributed by atoms with Gasteiger partial charge >= 0.3 is 0 Å². The van der Waals surface area contributed by atoms with Crippen LogP contribution in [0.15, 0.2) is 91.1 Å². The van der Waals surface area contributed by atoms with Crippen molar-refractivity contribution in [3.8, 4) is 28.2 Å². The van der Waals surface area contributed by atoms with E-state index in [1.165, 1.54) is 12.5 Å². The minimum Gasteiger partial charge on any atom is -0.321 e. The Morgan fingerprint density at radius 2 is 1.58 bits per heavy atom. The number of nitrogens with two attached hydrogens (primary N) is 1. The highest BCUT2D eigenvalue weighted by atomic mass is 19.1. The number of rotatable bonds is 4. The van der Waals surface area contributed by atoms with Crippen LogP contribution in [0.2, 0.25) is 0 Å². The van der Waals surface area contributed by atoms with Gasteiger partial charge in [0, 0.05) is 34.1 Å². The predicted octanol–water partition coefficient (Wildman–Crippen LogP) is 6.23. The van der Waals surface area contributed by atoms with Crippen LogP contribution in [0.5, 0.6) is 0 Å². The SMILES string of the molecule is NC1(c2ccc(-n3c(-c4ccccc4)nc4cc(-c5ccccc5F)cnc43)cc2)CCC1. The van der Waals surface area contributed by atoms with Crippen molar-refractivity contribution in [1.29, 1.82) is 0 Å². The summed E-state index contributed by atoms with van der Waals surface area (Å²) in [6.07, 6.45) is 4.94. The zero-order valence-corrected chi connectivity index (χ0v) is 18.1. The van der Waals surface area contributed by atoms with Crippen LogP contribution in [0, 0.1) is 5.82 Å². The lowest BCUT2D eigenvalue weighted by Gasteiger charge is -2.38. The molecule has 0 spiro atoms. The zero-order valence-electron chi connectivity index (χ0n) is 18.1. The maximum Gasteiger partial charge on any atom is 0.164 e. The molecule has 5 aromatic rings. The standard InChI is InChI=1S/C28H23FN4/c29-24-10-5-4-9-23(24)20-17-25-27(31-18-20)33(26(32-25)19-7-2-1-3-8-19)22-13-11-21(12-14-22)28(30)15-6-16-28/h1-5,7-14,17-18H,6,15-16,30H2. The van der Waals surface area contributed by atoms with Crippen molar-refractivity contribution in [2.75, 3.05) is 0 Å². The molecular weight excluding hydrogens is 411 g/mol. The fraction of sp³-hybridized carbons (Fsp3) is 0.143. The number of fused-ring (bicyclic) bond motifs is 1. The second-order valence-electron chi connectivity index (χ2n) is 8.74. The minimum absolute atomic E-state index is 0.204. The third kappa shape index (κ3) is 3.33. The van der Waals surface area contributed by atoms with E-state index in [0.29, 0.717) is 16.6 Å². The molecule has 1 aliphatic carbocycles. The van der Waals surface area contributed by atoms with Gasteiger partial charge in [0.05, 0.1) is 0 Å². The molecule has 0 saturated heterocycles. The fourth-order valence-electron chi connectivity index (χ4n) is 4.62. The van der Waals surface area contributed by atoms with Gasteiger partial charge in [-0.1, -0.05) is 60.7 Å². The molecule has 6 rings (SSSR count). The van der Waals surface area contributed by atoms with Gasteiger partial charge < -0.3 is 5.73 Å². The van der Waals surface area contributed by atoms with E-state index in [-0.39, 0.29) is 11.4 Å². The molecule has 2 aromatic heterocycles. The first-order valence-electron chi connectivity index (χ1n) is 11.2. The average molecular weight is 435 g/mol. The largest absolute Gasteiger partial charge is 0.321 e. The number of aromatic nitrogens is 3. The van der Waals surface area contributed by atoms with Crippen molar-refractivity contribution < 1.29 is 4.39 Å². The highest BCUT2D eigenvalue weighted by Crippen LogP contribution is 2.39. The van der Waals surface area contributed by atoms with Crippen LogP contribution in [0.1, 0.15) is 24.8 Å². The molecule has 1 fully saturated rings. The van der Waals surface area contributed by atoms with E-state index in [0.717, 1.165) is 41.1 Å². The van der Waals surface area contributed by atoms with Crippen molar-refractivity contribution in [2.45, 2.75) is 24.8 Å². The Hall–Kier alpha value is -3.83. The van der Waals surface area contributed by atoms with Crippen molar-refractivity contribution >= 4 is 11.2 Å². The first kappa shape index (κ1) is 19.8. The molecular formula is C28H23FN4. The van der Waals surface area contributed by atoms with Gasteiger partial charge in [-0.2, -0.15) is 0 Å². The molecule has 4 nitrogen and oxygen atoms in total. The summed E-state index contributed by atoms with van der Waals surface area (Å²) in [7, 11) is 0. The van der Waals surface area contributed by atoms with E-state index in [4.69, 9.17) is 15.7 Å². The average Bonchev–Trinajstić information content (AvgIpc) is 3.22. The monoisotopic (exact) mass is 434 g/mol. The highest BCUT2D eigenvalue weighted by Gasteiger charge is 2.34. The maximum atomic E-state index is 14.4. The summed E-state index contributed by atoms with van der Waals surface area (Å²) in [5.74, 6) is 0.520. The molecule has 0 radical (unpaired) electrons. The number of hydrogen-bond donors (Lipinski definition) is 1. The number of pyridine rings is 1. The molecule has 0 amide bonds. The van der Waals surface area contributed by atoms with Gasteiger partial charge in [0.1, 0.15) is 17.2 Å². The fourth-order valence-corrected chi connectivity index (χ4v) is 4.62. The van der Waals surface area contributed by atoms with E-state index >= 15 is 0 Å². The normalized spacial score (nSPS) is 14.8. The Bertz CT molecular complexity index is 1450. The highest BCUT2D eigenvalue weighted by molar-refractivity contribution is 5.84. The number of hydrogen-bond acceptors (Lipinski definition) is 3. The molecule has 2 N–H and O–H groups in total. The van der Waals surface area contributed by atoms with E-state index in [1.54, 1.807) is 18.3 Å². The molecule has 0 bridgehead atoms. The third-order valence-electron chi connectivity index (χ3n) is 6.66. The first-order valence-corrected chi connectivity index (χ1v) is 11.2. The van der Waals surface area contributed by atoms with E-state index in [9.17, 15) is 4.39 Å². The molecule has 1 saturated carbocycles. The van der Waals surface area contributed by atoms with Crippen LogP contribution in [-0.2, 0) is 5.54 Å². The summed E-state index contributed by atoms with van der Waals surface area (Å²) in [5.41, 5.74) is 12.1. The van der Waals surface area contributed by atoms with Gasteiger partial charge in [-0.05, 0) is 49.1 Å². The van der Waals surface area contributed by atoms with Crippen molar-refractivity contribution in [2.24, 2.45) is 5.73 Å². The Labute approximate surface area is 191 Å². The maximum absolute atomic E-state index is 14.4. The van der Waals surface area contributed by atoms with Gasteiger partial charge in [-0.15, -0.1) is 0 Å². The van der Waals surface area contributed by atoms with Gasteiger partial charge in [0.25, 0.3) is 0 Å². The molecule has 2 heterocycles. The lowest BCUT2D eigenvalue weighted by molar-refractivity contribution is 0.253. The summed E-state index contributed by atoms with van der Waals surface area (Å²) >= 11 is 0. The number of halogens is 1. The molecule has 0 aliphatic heterocycles. The lowest BCUT2D eigenvalue weighted by atomic mass is 9.73. The van der Waals surface area contributed by atoms with Gasteiger partial charge in [0.15, 0.2) is 5.65 Å². The van der Waals surface area contributed by atoms with Crippen molar-refractivity contribution in [3.05, 3.63) is 103 Å². The van der Waals surface area contributed by atoms with E-state index < -0.39 is 0 Å². The number of imidazole rings is 1. The Kier molecular flexibility index (Phi) is 4.59. The Morgan fingerprint density at radius 3 is 2.27 bits per heavy atom. The molecule has 33 heavy (non-hydrogen) atoms. The van der Waals surface area contributed by atoms with Crippen molar-refractivity contribution in [1.82, 2.24) is 14.5 Å². The summed E-state index contributed by atoms with van der Waals surface area (Å²) in [4.78, 5) is 9.66. The molecule has 0 atom stereocenters. The summed E-state index contributed by atoms with van der Waals surface area (Å²) in [5, 5.41) is 0. The predicted molar refractivity (Wildman–Crippen MR) is 129 cm³/mol. The molecule has 162 valence electrons. The smallest absolute Gasteiger partial charge is 0.164 e. The van der Waals surface area contributed by atoms with Crippen LogP contribution >= 0.6 is 0 Å². The second kappa shape index (κ2) is 7.64. The van der Waals surface area contributed by atoms with Crippen molar-refractivity contribution in [3.63, 3.8) is 0 Å². The summed E-state index contributed by atoms with van der Waals surface area (Å²) < 4.78 is 16.5.